The van der Waals surface area contributed by atoms with Gasteiger partial charge in [-0.05, 0) is 18.1 Å². The maximum absolute atomic E-state index is 6.58. The van der Waals surface area contributed by atoms with Crippen LogP contribution in [0.4, 0.5) is 0 Å². The molecule has 0 aromatic heterocycles. The number of nitrogens with zero attached hydrogens (tertiary/aromatic N) is 2. The number of hydrazine groups is 1. The number of hydrogen-bond donors (Lipinski definition) is 0. The maximum atomic E-state index is 6.58. The van der Waals surface area contributed by atoms with Gasteiger partial charge in [-0.25, -0.2) is 5.01 Å². The van der Waals surface area contributed by atoms with Crippen LogP contribution in [0.1, 0.15) is 36.6 Å². The number of benzene rings is 3. The molecule has 0 saturated carbocycles. The summed E-state index contributed by atoms with van der Waals surface area (Å²) in [7, 11) is 0. The van der Waals surface area contributed by atoms with Crippen LogP contribution in [0, 0.1) is 0 Å². The number of rotatable bonds is 7. The van der Waals surface area contributed by atoms with Crippen LogP contribution in [0.5, 0.6) is 0 Å². The van der Waals surface area contributed by atoms with Gasteiger partial charge in [0, 0.05) is 18.7 Å². The van der Waals surface area contributed by atoms with E-state index in [2.05, 4.69) is 109 Å². The Morgan fingerprint density at radius 1 is 0.724 bits per heavy atom. The van der Waals surface area contributed by atoms with Crippen molar-refractivity contribution in [3.63, 3.8) is 0 Å². The zero-order valence-corrected chi connectivity index (χ0v) is 17.2. The molecule has 0 spiro atoms. The first kappa shape index (κ1) is 19.3. The molecule has 1 heterocycles. The fraction of sp³-hybridized carbons (Fsp3) is 0.231. The van der Waals surface area contributed by atoms with E-state index in [1.165, 1.54) is 22.4 Å². The Bertz CT molecular complexity index is 938. The van der Waals surface area contributed by atoms with E-state index >= 15 is 0 Å². The van der Waals surface area contributed by atoms with Crippen LogP contribution in [0.15, 0.2) is 96.8 Å². The van der Waals surface area contributed by atoms with Crippen LogP contribution in [-0.4, -0.2) is 23.1 Å². The van der Waals surface area contributed by atoms with E-state index in [1.807, 2.05) is 6.07 Å². The molecule has 29 heavy (non-hydrogen) atoms. The number of hydrogen-bond acceptors (Lipinski definition) is 3. The van der Waals surface area contributed by atoms with Crippen molar-refractivity contribution in [3.8, 4) is 0 Å². The van der Waals surface area contributed by atoms with Gasteiger partial charge in [0.2, 0.25) is 0 Å². The molecule has 0 bridgehead atoms. The monoisotopic (exact) mass is 384 g/mol. The number of ether oxygens (including phenoxy) is 1. The topological polar surface area (TPSA) is 15.7 Å². The molecule has 0 N–H and O–H groups in total. The molecule has 0 amide bonds. The van der Waals surface area contributed by atoms with E-state index in [0.29, 0.717) is 6.61 Å². The van der Waals surface area contributed by atoms with Gasteiger partial charge in [0.25, 0.3) is 0 Å². The summed E-state index contributed by atoms with van der Waals surface area (Å²) in [5, 5.41) is 4.78. The molecule has 1 aliphatic rings. The molecule has 3 nitrogen and oxygen atoms in total. The predicted octanol–water partition coefficient (Wildman–Crippen LogP) is 5.89. The third-order valence-corrected chi connectivity index (χ3v) is 5.37. The minimum Gasteiger partial charge on any atom is -0.489 e. The lowest BCUT2D eigenvalue weighted by Crippen LogP contribution is -2.38. The fourth-order valence-electron chi connectivity index (χ4n) is 4.08. The van der Waals surface area contributed by atoms with Crippen molar-refractivity contribution in [3.05, 3.63) is 113 Å². The first-order valence-corrected chi connectivity index (χ1v) is 10.4. The Balaban J connectivity index is 1.81. The molecule has 0 aliphatic carbocycles. The lowest BCUT2D eigenvalue weighted by atomic mass is 10.0. The van der Waals surface area contributed by atoms with E-state index in [1.54, 1.807) is 0 Å². The normalized spacial score (nSPS) is 17.0. The standard InChI is InChI=1S/C26H28N2O/c1-3-27-24(22-16-10-6-11-17-22)26(29-20-21-14-8-5-9-15-21)25(28(27)4-2)23-18-12-7-13-19-23/h5-19,24H,3-4,20H2,1-2H3. The minimum atomic E-state index is 0.0695. The second-order valence-electron chi connectivity index (χ2n) is 7.14. The highest BCUT2D eigenvalue weighted by Gasteiger charge is 2.40. The quantitative estimate of drug-likeness (QED) is 0.505. The molecule has 4 rings (SSSR count). The van der Waals surface area contributed by atoms with Gasteiger partial charge >= 0.3 is 0 Å². The van der Waals surface area contributed by atoms with E-state index in [-0.39, 0.29) is 6.04 Å². The first-order valence-electron chi connectivity index (χ1n) is 10.4. The average molecular weight is 385 g/mol. The highest BCUT2D eigenvalue weighted by Crippen LogP contribution is 2.44. The molecule has 0 saturated heterocycles. The Morgan fingerprint density at radius 3 is 1.90 bits per heavy atom. The molecule has 1 atom stereocenters. The van der Waals surface area contributed by atoms with Crippen LogP contribution in [0.3, 0.4) is 0 Å². The molecule has 1 aliphatic heterocycles. The molecule has 0 radical (unpaired) electrons. The fourth-order valence-corrected chi connectivity index (χ4v) is 4.08. The minimum absolute atomic E-state index is 0.0695. The van der Waals surface area contributed by atoms with Crippen LogP contribution in [0.25, 0.3) is 5.70 Å². The third-order valence-electron chi connectivity index (χ3n) is 5.37. The van der Waals surface area contributed by atoms with Gasteiger partial charge in [-0.15, -0.1) is 0 Å². The Morgan fingerprint density at radius 2 is 1.31 bits per heavy atom. The van der Waals surface area contributed by atoms with Crippen LogP contribution in [-0.2, 0) is 11.3 Å². The zero-order chi connectivity index (χ0) is 20.1. The van der Waals surface area contributed by atoms with E-state index in [0.717, 1.165) is 18.8 Å². The van der Waals surface area contributed by atoms with Crippen molar-refractivity contribution in [2.45, 2.75) is 26.5 Å². The summed E-state index contributed by atoms with van der Waals surface area (Å²) in [4.78, 5) is 0. The molecule has 3 aromatic carbocycles. The Kier molecular flexibility index (Phi) is 5.97. The summed E-state index contributed by atoms with van der Waals surface area (Å²) in [5.41, 5.74) is 4.79. The third kappa shape index (κ3) is 3.92. The average Bonchev–Trinajstić information content (AvgIpc) is 3.12. The van der Waals surface area contributed by atoms with Crippen LogP contribution < -0.4 is 0 Å². The van der Waals surface area contributed by atoms with Gasteiger partial charge in [0.05, 0.1) is 5.70 Å². The molecule has 3 heteroatoms. The van der Waals surface area contributed by atoms with Crippen molar-refractivity contribution in [1.29, 1.82) is 0 Å². The lowest BCUT2D eigenvalue weighted by Gasteiger charge is -2.34. The Labute approximate surface area is 173 Å². The van der Waals surface area contributed by atoms with Crippen LogP contribution in [0.2, 0.25) is 0 Å². The number of likely N-dealkylation sites (N-methyl/N-ethyl adjacent to an activating group) is 1. The van der Waals surface area contributed by atoms with Crippen molar-refractivity contribution in [2.24, 2.45) is 0 Å². The summed E-state index contributed by atoms with van der Waals surface area (Å²) >= 11 is 0. The maximum Gasteiger partial charge on any atom is 0.145 e. The summed E-state index contributed by atoms with van der Waals surface area (Å²) in [6.45, 7) is 6.77. The van der Waals surface area contributed by atoms with Gasteiger partial charge in [-0.3, -0.25) is 0 Å². The molecule has 3 aromatic rings. The smallest absolute Gasteiger partial charge is 0.145 e. The second-order valence-corrected chi connectivity index (χ2v) is 7.14. The highest BCUT2D eigenvalue weighted by molar-refractivity contribution is 5.69. The highest BCUT2D eigenvalue weighted by atomic mass is 16.5. The predicted molar refractivity (Wildman–Crippen MR) is 119 cm³/mol. The van der Waals surface area contributed by atoms with Gasteiger partial charge < -0.3 is 9.75 Å². The van der Waals surface area contributed by atoms with E-state index < -0.39 is 0 Å². The zero-order valence-electron chi connectivity index (χ0n) is 17.2. The van der Waals surface area contributed by atoms with Crippen molar-refractivity contribution >= 4 is 5.70 Å². The summed E-state index contributed by atoms with van der Waals surface area (Å²) in [5.74, 6) is 1.02. The summed E-state index contributed by atoms with van der Waals surface area (Å²) in [6, 6.07) is 31.7. The first-order chi connectivity index (χ1) is 14.3. The molecule has 1 unspecified atom stereocenters. The summed E-state index contributed by atoms with van der Waals surface area (Å²) < 4.78 is 6.58. The van der Waals surface area contributed by atoms with E-state index in [9.17, 15) is 0 Å². The van der Waals surface area contributed by atoms with Gasteiger partial charge in [0.1, 0.15) is 18.4 Å². The van der Waals surface area contributed by atoms with Crippen molar-refractivity contribution in [2.75, 3.05) is 13.1 Å². The van der Waals surface area contributed by atoms with Crippen molar-refractivity contribution in [1.82, 2.24) is 10.0 Å². The molecule has 148 valence electrons. The summed E-state index contributed by atoms with van der Waals surface area (Å²) in [6.07, 6.45) is 0. The Hall–Kier alpha value is -3.04. The molecular formula is C26H28N2O. The van der Waals surface area contributed by atoms with Gasteiger partial charge in [0.15, 0.2) is 0 Å². The molecular weight excluding hydrogens is 356 g/mol. The van der Waals surface area contributed by atoms with Gasteiger partial charge in [-0.1, -0.05) is 97.9 Å². The van der Waals surface area contributed by atoms with Crippen molar-refractivity contribution < 1.29 is 4.74 Å². The SMILES string of the molecule is CCN1C(c2ccccc2)=C(OCc2ccccc2)C(c2ccccc2)N1CC. The second kappa shape index (κ2) is 8.97. The molecule has 0 fully saturated rings. The lowest BCUT2D eigenvalue weighted by molar-refractivity contribution is 0.0189. The van der Waals surface area contributed by atoms with Crippen LogP contribution >= 0.6 is 0 Å². The largest absolute Gasteiger partial charge is 0.489 e. The van der Waals surface area contributed by atoms with Gasteiger partial charge in [-0.2, -0.15) is 0 Å². The van der Waals surface area contributed by atoms with E-state index in [4.69, 9.17) is 4.74 Å².